The van der Waals surface area contributed by atoms with Gasteiger partial charge in [0.2, 0.25) is 5.91 Å². The van der Waals surface area contributed by atoms with Crippen molar-refractivity contribution in [1.82, 2.24) is 5.32 Å². The van der Waals surface area contributed by atoms with Crippen LogP contribution in [0.5, 0.6) is 0 Å². The zero-order chi connectivity index (χ0) is 27.1. The second-order valence-corrected chi connectivity index (χ2v) is 11.3. The lowest BCUT2D eigenvalue weighted by Gasteiger charge is -2.22. The summed E-state index contributed by atoms with van der Waals surface area (Å²) in [5.74, 6) is -1.55. The Hall–Kier alpha value is -1.22. The maximum Gasteiger partial charge on any atom is 0.267 e. The molecule has 0 aromatic heterocycles. The van der Waals surface area contributed by atoms with E-state index in [1.165, 1.54) is 51.0 Å². The van der Waals surface area contributed by atoms with Crippen LogP contribution in [0.25, 0.3) is 0 Å². The van der Waals surface area contributed by atoms with E-state index in [4.69, 9.17) is 0 Å². The third kappa shape index (κ3) is 22.0. The highest BCUT2D eigenvalue weighted by Gasteiger charge is 2.27. The van der Waals surface area contributed by atoms with Gasteiger partial charge in [0.25, 0.3) is 10.1 Å². The molecule has 0 rings (SSSR count). The minimum atomic E-state index is -4.42. The monoisotopic (exact) mass is 531 g/mol. The van der Waals surface area contributed by atoms with E-state index in [1.807, 2.05) is 0 Å². The van der Waals surface area contributed by atoms with Crippen molar-refractivity contribution in [2.75, 3.05) is 5.75 Å². The zero-order valence-electron chi connectivity index (χ0n) is 22.7. The molecule has 3 unspecified atom stereocenters. The fourth-order valence-electron chi connectivity index (χ4n) is 3.96. The van der Waals surface area contributed by atoms with Gasteiger partial charge in [0.15, 0.2) is 0 Å². The summed E-state index contributed by atoms with van der Waals surface area (Å²) in [4.78, 5) is 12.4. The smallest absolute Gasteiger partial charge is 0.267 e. The molecular formula is C28H53NO6S. The maximum absolute atomic E-state index is 12.4. The molecule has 0 aliphatic carbocycles. The van der Waals surface area contributed by atoms with Crippen LogP contribution in [0.1, 0.15) is 123 Å². The van der Waals surface area contributed by atoms with Crippen molar-refractivity contribution >= 4 is 16.0 Å². The highest BCUT2D eigenvalue weighted by molar-refractivity contribution is 7.85. The van der Waals surface area contributed by atoms with Gasteiger partial charge in [-0.1, -0.05) is 109 Å². The number of amides is 1. The number of carbonyl (C=O) groups excluding carboxylic acids is 1. The molecule has 0 aliphatic rings. The molecule has 212 valence electrons. The van der Waals surface area contributed by atoms with Gasteiger partial charge >= 0.3 is 0 Å². The Labute approximate surface area is 220 Å². The number of carbonyl (C=O) groups is 1. The van der Waals surface area contributed by atoms with Crippen LogP contribution in [-0.2, 0) is 14.9 Å². The van der Waals surface area contributed by atoms with Crippen LogP contribution in [0.15, 0.2) is 24.3 Å². The molecule has 0 saturated heterocycles. The van der Waals surface area contributed by atoms with E-state index in [0.717, 1.165) is 51.4 Å². The minimum Gasteiger partial charge on any atom is -0.387 e. The molecule has 0 heterocycles. The van der Waals surface area contributed by atoms with Crippen molar-refractivity contribution in [2.45, 2.75) is 141 Å². The van der Waals surface area contributed by atoms with E-state index in [0.29, 0.717) is 6.42 Å². The molecule has 0 spiro atoms. The molecule has 0 aromatic rings. The molecule has 4 N–H and O–H groups in total. The standard InChI is InChI=1S/C28H53NO6S/c1-3-5-7-9-11-13-15-17-19-21-23-27(31)28(32)29-25(24-36(33,34)35)26(30)22-20-18-16-14-12-10-8-6-4-2/h9,11,20,22,25-27,30-31H,3-8,10,12-19,21,23-24H2,1-2H3,(H,29,32)(H,33,34,35)/b11-9-,22-20+. The maximum atomic E-state index is 12.4. The fraction of sp³-hybridized carbons (Fsp3) is 0.821. The first-order chi connectivity index (χ1) is 17.2. The number of rotatable bonds is 24. The van der Waals surface area contributed by atoms with Crippen LogP contribution in [0.2, 0.25) is 0 Å². The molecular weight excluding hydrogens is 478 g/mol. The largest absolute Gasteiger partial charge is 0.387 e. The summed E-state index contributed by atoms with van der Waals surface area (Å²) >= 11 is 0. The number of hydrogen-bond acceptors (Lipinski definition) is 5. The number of aliphatic hydroxyl groups is 2. The predicted molar refractivity (Wildman–Crippen MR) is 148 cm³/mol. The average Bonchev–Trinajstić information content (AvgIpc) is 2.82. The van der Waals surface area contributed by atoms with E-state index in [9.17, 15) is 28.0 Å². The van der Waals surface area contributed by atoms with E-state index in [2.05, 4.69) is 31.3 Å². The van der Waals surface area contributed by atoms with Crippen LogP contribution in [0.4, 0.5) is 0 Å². The van der Waals surface area contributed by atoms with E-state index < -0.39 is 40.0 Å². The number of nitrogens with one attached hydrogen (secondary N) is 1. The first-order valence-corrected chi connectivity index (χ1v) is 15.8. The lowest BCUT2D eigenvalue weighted by Crippen LogP contribution is -2.50. The number of hydrogen-bond donors (Lipinski definition) is 4. The molecule has 36 heavy (non-hydrogen) atoms. The lowest BCUT2D eigenvalue weighted by atomic mass is 10.1. The first kappa shape index (κ1) is 34.8. The molecule has 0 saturated carbocycles. The van der Waals surface area contributed by atoms with Crippen LogP contribution >= 0.6 is 0 Å². The normalized spacial score (nSPS) is 14.9. The summed E-state index contributed by atoms with van der Waals surface area (Å²) in [5.41, 5.74) is 0. The molecule has 3 atom stereocenters. The topological polar surface area (TPSA) is 124 Å². The minimum absolute atomic E-state index is 0.265. The Morgan fingerprint density at radius 2 is 1.25 bits per heavy atom. The van der Waals surface area contributed by atoms with Gasteiger partial charge in [-0.2, -0.15) is 8.42 Å². The van der Waals surface area contributed by atoms with Crippen LogP contribution in [0, 0.1) is 0 Å². The van der Waals surface area contributed by atoms with Crippen molar-refractivity contribution in [3.05, 3.63) is 24.3 Å². The molecule has 1 amide bonds. The van der Waals surface area contributed by atoms with Crippen molar-refractivity contribution in [3.8, 4) is 0 Å². The van der Waals surface area contributed by atoms with Gasteiger partial charge in [0.1, 0.15) is 6.10 Å². The summed E-state index contributed by atoms with van der Waals surface area (Å²) in [7, 11) is -4.42. The quantitative estimate of drug-likeness (QED) is 0.0702. The third-order valence-electron chi connectivity index (χ3n) is 6.23. The van der Waals surface area contributed by atoms with E-state index in [1.54, 1.807) is 6.08 Å². The molecule has 0 radical (unpaired) electrons. The molecule has 0 fully saturated rings. The van der Waals surface area contributed by atoms with Gasteiger partial charge in [-0.25, -0.2) is 0 Å². The van der Waals surface area contributed by atoms with Crippen molar-refractivity contribution in [2.24, 2.45) is 0 Å². The molecule has 0 aromatic carbocycles. The molecule has 0 aliphatic heterocycles. The Morgan fingerprint density at radius 1 is 0.750 bits per heavy atom. The number of allylic oxidation sites excluding steroid dienone is 3. The van der Waals surface area contributed by atoms with Gasteiger partial charge < -0.3 is 15.5 Å². The van der Waals surface area contributed by atoms with Crippen molar-refractivity contribution in [3.63, 3.8) is 0 Å². The number of aliphatic hydroxyl groups excluding tert-OH is 2. The van der Waals surface area contributed by atoms with Gasteiger partial charge in [0.05, 0.1) is 17.9 Å². The Morgan fingerprint density at radius 3 is 1.83 bits per heavy atom. The van der Waals surface area contributed by atoms with Gasteiger partial charge in [-0.3, -0.25) is 9.35 Å². The molecule has 0 bridgehead atoms. The summed E-state index contributed by atoms with van der Waals surface area (Å²) in [6, 6.07) is -1.23. The van der Waals surface area contributed by atoms with Crippen molar-refractivity contribution in [1.29, 1.82) is 0 Å². The van der Waals surface area contributed by atoms with Crippen LogP contribution in [0.3, 0.4) is 0 Å². The summed E-state index contributed by atoms with van der Waals surface area (Å²) < 4.78 is 32.0. The van der Waals surface area contributed by atoms with Gasteiger partial charge in [-0.05, 0) is 38.5 Å². The van der Waals surface area contributed by atoms with Crippen molar-refractivity contribution < 1.29 is 28.0 Å². The molecule has 7 nitrogen and oxygen atoms in total. The SMILES string of the molecule is CCCC/C=C\CCCCCCC(O)C(=O)NC(CS(=O)(=O)O)C(O)/C=C/CCCCCCCCC. The summed E-state index contributed by atoms with van der Waals surface area (Å²) in [5, 5.41) is 23.0. The Balaban J connectivity index is 4.35. The Bertz CT molecular complexity index is 692. The van der Waals surface area contributed by atoms with E-state index in [-0.39, 0.29) is 6.42 Å². The highest BCUT2D eigenvalue weighted by Crippen LogP contribution is 2.11. The average molecular weight is 532 g/mol. The number of unbranched alkanes of at least 4 members (excludes halogenated alkanes) is 13. The first-order valence-electron chi connectivity index (χ1n) is 14.1. The second-order valence-electron chi connectivity index (χ2n) is 9.81. The summed E-state index contributed by atoms with van der Waals surface area (Å²) in [6.07, 6.45) is 22.5. The Kier molecular flexibility index (Phi) is 22.2. The predicted octanol–water partition coefficient (Wildman–Crippen LogP) is 5.86. The highest BCUT2D eigenvalue weighted by atomic mass is 32.2. The zero-order valence-corrected chi connectivity index (χ0v) is 23.6. The van der Waals surface area contributed by atoms with Crippen LogP contribution < -0.4 is 5.32 Å². The van der Waals surface area contributed by atoms with E-state index >= 15 is 0 Å². The van der Waals surface area contributed by atoms with Gasteiger partial charge in [-0.15, -0.1) is 0 Å². The van der Waals surface area contributed by atoms with Crippen LogP contribution in [-0.4, -0.2) is 53.1 Å². The second kappa shape index (κ2) is 22.9. The van der Waals surface area contributed by atoms with Gasteiger partial charge in [0, 0.05) is 0 Å². The third-order valence-corrected chi connectivity index (χ3v) is 7.01. The lowest BCUT2D eigenvalue weighted by molar-refractivity contribution is -0.130. The summed E-state index contributed by atoms with van der Waals surface area (Å²) in [6.45, 7) is 4.36. The fourth-order valence-corrected chi connectivity index (χ4v) is 4.70. The molecule has 8 heteroatoms.